The summed E-state index contributed by atoms with van der Waals surface area (Å²) < 4.78 is 10.9. The molecule has 2 aromatic rings. The summed E-state index contributed by atoms with van der Waals surface area (Å²) in [7, 11) is 0. The lowest BCUT2D eigenvalue weighted by atomic mass is 9.87. The van der Waals surface area contributed by atoms with Crippen molar-refractivity contribution >= 4 is 17.8 Å². The smallest absolute Gasteiger partial charge is 0.265 e. The Morgan fingerprint density at radius 3 is 2.52 bits per heavy atom. The maximum absolute atomic E-state index is 12.0. The van der Waals surface area contributed by atoms with Crippen LogP contribution in [0.25, 0.3) is 0 Å². The maximum Gasteiger partial charge on any atom is 0.265 e. The number of nitrogens with one attached hydrogen (secondary N) is 1. The van der Waals surface area contributed by atoms with E-state index in [9.17, 15) is 4.79 Å². The molecule has 0 aromatic heterocycles. The molecule has 0 unspecified atom stereocenters. The van der Waals surface area contributed by atoms with Crippen molar-refractivity contribution in [1.82, 2.24) is 0 Å². The van der Waals surface area contributed by atoms with E-state index in [-0.39, 0.29) is 17.9 Å². The van der Waals surface area contributed by atoms with Crippen LogP contribution in [0.2, 0.25) is 0 Å². The fourth-order valence-electron chi connectivity index (χ4n) is 2.58. The van der Waals surface area contributed by atoms with Crippen LogP contribution in [-0.4, -0.2) is 31.9 Å². The molecule has 6 nitrogen and oxygen atoms in total. The van der Waals surface area contributed by atoms with Gasteiger partial charge in [-0.05, 0) is 28.7 Å². The highest BCUT2D eigenvalue weighted by Gasteiger charge is 2.13. The minimum Gasteiger partial charge on any atom is -0.486 e. The van der Waals surface area contributed by atoms with Gasteiger partial charge in [0, 0.05) is 11.8 Å². The van der Waals surface area contributed by atoms with Crippen molar-refractivity contribution in [3.8, 4) is 11.5 Å². The van der Waals surface area contributed by atoms with Crippen LogP contribution in [0.15, 0.2) is 47.6 Å². The van der Waals surface area contributed by atoms with E-state index in [0.717, 1.165) is 5.56 Å². The van der Waals surface area contributed by atoms with Gasteiger partial charge in [-0.1, -0.05) is 50.2 Å². The number of hydrogen-bond donors (Lipinski definition) is 1. The molecular formula is C21H24N2O4. The fourth-order valence-corrected chi connectivity index (χ4v) is 2.58. The molecule has 1 amide bonds. The third-order valence-electron chi connectivity index (χ3n) is 4.07. The predicted octanol–water partition coefficient (Wildman–Crippen LogP) is 3.74. The van der Waals surface area contributed by atoms with E-state index in [1.165, 1.54) is 5.56 Å². The Hall–Kier alpha value is -3.02. The molecular weight excluding hydrogens is 344 g/mol. The van der Waals surface area contributed by atoms with Gasteiger partial charge in [0.05, 0.1) is 6.21 Å². The van der Waals surface area contributed by atoms with E-state index in [2.05, 4.69) is 43.4 Å². The van der Waals surface area contributed by atoms with Gasteiger partial charge in [0.1, 0.15) is 13.2 Å². The van der Waals surface area contributed by atoms with E-state index < -0.39 is 0 Å². The highest BCUT2D eigenvalue weighted by Crippen LogP contribution is 2.32. The Morgan fingerprint density at radius 2 is 1.81 bits per heavy atom. The molecule has 0 spiro atoms. The normalized spacial score (nSPS) is 13.4. The molecule has 1 aliphatic heterocycles. The summed E-state index contributed by atoms with van der Waals surface area (Å²) in [6.07, 6.45) is 1.59. The SMILES string of the molecule is CC(C)(C)c1ccc(C=NOCC(=O)Nc2ccc3c(c2)OCCO3)cc1. The van der Waals surface area contributed by atoms with Crippen LogP contribution in [0.5, 0.6) is 11.5 Å². The van der Waals surface area contributed by atoms with Crippen LogP contribution >= 0.6 is 0 Å². The lowest BCUT2D eigenvalue weighted by molar-refractivity contribution is -0.120. The molecule has 3 rings (SSSR count). The van der Waals surface area contributed by atoms with Crippen molar-refractivity contribution < 1.29 is 19.1 Å². The highest BCUT2D eigenvalue weighted by molar-refractivity contribution is 5.92. The topological polar surface area (TPSA) is 69.2 Å². The zero-order chi connectivity index (χ0) is 19.3. The molecule has 0 fully saturated rings. The fraction of sp³-hybridized carbons (Fsp3) is 0.333. The average molecular weight is 368 g/mol. The van der Waals surface area contributed by atoms with Crippen LogP contribution in [0.3, 0.4) is 0 Å². The Kier molecular flexibility index (Phi) is 5.64. The lowest BCUT2D eigenvalue weighted by Crippen LogP contribution is -2.18. The third-order valence-corrected chi connectivity index (χ3v) is 4.07. The number of benzene rings is 2. The molecule has 0 saturated carbocycles. The molecule has 6 heteroatoms. The first kappa shape index (κ1) is 18.8. The van der Waals surface area contributed by atoms with Gasteiger partial charge >= 0.3 is 0 Å². The summed E-state index contributed by atoms with van der Waals surface area (Å²) in [5.41, 5.74) is 2.89. The van der Waals surface area contributed by atoms with Crippen LogP contribution in [0, 0.1) is 0 Å². The molecule has 0 saturated heterocycles. The zero-order valence-electron chi connectivity index (χ0n) is 15.8. The minimum atomic E-state index is -0.299. The number of nitrogens with zero attached hydrogens (tertiary/aromatic N) is 1. The monoisotopic (exact) mass is 368 g/mol. The van der Waals surface area contributed by atoms with Gasteiger partial charge in [0.2, 0.25) is 0 Å². The van der Waals surface area contributed by atoms with Crippen LogP contribution in [0.4, 0.5) is 5.69 Å². The largest absolute Gasteiger partial charge is 0.486 e. The second-order valence-electron chi connectivity index (χ2n) is 7.29. The van der Waals surface area contributed by atoms with Crippen molar-refractivity contribution in [2.24, 2.45) is 5.16 Å². The van der Waals surface area contributed by atoms with Crippen LogP contribution in [0.1, 0.15) is 31.9 Å². The molecule has 27 heavy (non-hydrogen) atoms. The van der Waals surface area contributed by atoms with Crippen molar-refractivity contribution in [3.05, 3.63) is 53.6 Å². The molecule has 0 atom stereocenters. The second kappa shape index (κ2) is 8.12. The second-order valence-corrected chi connectivity index (χ2v) is 7.29. The molecule has 1 N–H and O–H groups in total. The number of rotatable bonds is 5. The van der Waals surface area contributed by atoms with Crippen LogP contribution < -0.4 is 14.8 Å². The standard InChI is InChI=1S/C21H24N2O4/c1-21(2,3)16-6-4-15(5-7-16)13-22-27-14-20(24)23-17-8-9-18-19(12-17)26-11-10-25-18/h4-9,12-13H,10-11,14H2,1-3H3,(H,23,24). The van der Waals surface area contributed by atoms with Gasteiger partial charge in [-0.25, -0.2) is 0 Å². The highest BCUT2D eigenvalue weighted by atomic mass is 16.6. The number of oxime groups is 1. The van der Waals surface area contributed by atoms with Gasteiger partial charge < -0.3 is 19.6 Å². The number of hydrogen-bond acceptors (Lipinski definition) is 5. The van der Waals surface area contributed by atoms with Crippen molar-refractivity contribution in [3.63, 3.8) is 0 Å². The molecule has 0 bridgehead atoms. The average Bonchev–Trinajstić information content (AvgIpc) is 2.65. The van der Waals surface area contributed by atoms with E-state index in [0.29, 0.717) is 30.4 Å². The molecule has 0 radical (unpaired) electrons. The number of carbonyl (C=O) groups excluding carboxylic acids is 1. The lowest BCUT2D eigenvalue weighted by Gasteiger charge is -2.18. The molecule has 0 aliphatic carbocycles. The van der Waals surface area contributed by atoms with E-state index in [4.69, 9.17) is 14.3 Å². The quantitative estimate of drug-likeness (QED) is 0.645. The number of fused-ring (bicyclic) bond motifs is 1. The van der Waals surface area contributed by atoms with Gasteiger partial charge in [0.15, 0.2) is 18.1 Å². The Balaban J connectivity index is 1.47. The number of amides is 1. The summed E-state index contributed by atoms with van der Waals surface area (Å²) in [6, 6.07) is 13.3. The van der Waals surface area contributed by atoms with E-state index in [1.807, 2.05) is 12.1 Å². The summed E-state index contributed by atoms with van der Waals surface area (Å²) in [4.78, 5) is 17.0. The summed E-state index contributed by atoms with van der Waals surface area (Å²) >= 11 is 0. The van der Waals surface area contributed by atoms with Gasteiger partial charge in [0.25, 0.3) is 5.91 Å². The first-order valence-corrected chi connectivity index (χ1v) is 8.87. The zero-order valence-corrected chi connectivity index (χ0v) is 15.8. The summed E-state index contributed by atoms with van der Waals surface area (Å²) in [6.45, 7) is 7.35. The van der Waals surface area contributed by atoms with Gasteiger partial charge in [-0.15, -0.1) is 0 Å². The minimum absolute atomic E-state index is 0.109. The first-order valence-electron chi connectivity index (χ1n) is 8.87. The van der Waals surface area contributed by atoms with Gasteiger partial charge in [-0.3, -0.25) is 4.79 Å². The van der Waals surface area contributed by atoms with Gasteiger partial charge in [-0.2, -0.15) is 0 Å². The molecule has 1 heterocycles. The maximum atomic E-state index is 12.0. The predicted molar refractivity (Wildman–Crippen MR) is 105 cm³/mol. The third kappa shape index (κ3) is 5.23. The van der Waals surface area contributed by atoms with Crippen molar-refractivity contribution in [1.29, 1.82) is 0 Å². The molecule has 1 aliphatic rings. The van der Waals surface area contributed by atoms with E-state index >= 15 is 0 Å². The Bertz CT molecular complexity index is 823. The first-order chi connectivity index (χ1) is 12.9. The molecule has 142 valence electrons. The van der Waals surface area contributed by atoms with E-state index in [1.54, 1.807) is 24.4 Å². The van der Waals surface area contributed by atoms with Crippen molar-refractivity contribution in [2.45, 2.75) is 26.2 Å². The molecule has 2 aromatic carbocycles. The Labute approximate surface area is 159 Å². The number of carbonyl (C=O) groups is 1. The van der Waals surface area contributed by atoms with Crippen molar-refractivity contribution in [2.75, 3.05) is 25.1 Å². The summed E-state index contributed by atoms with van der Waals surface area (Å²) in [5, 5.41) is 6.60. The number of anilines is 1. The Morgan fingerprint density at radius 1 is 1.11 bits per heavy atom. The van der Waals surface area contributed by atoms with Crippen LogP contribution in [-0.2, 0) is 15.0 Å². The number of ether oxygens (including phenoxy) is 2. The summed E-state index contributed by atoms with van der Waals surface area (Å²) in [5.74, 6) is 1.00.